The molecule has 0 aliphatic carbocycles. The maximum absolute atomic E-state index is 12.4. The third-order valence-electron chi connectivity index (χ3n) is 3.24. The summed E-state index contributed by atoms with van der Waals surface area (Å²) in [4.78, 5) is 36.0. The summed E-state index contributed by atoms with van der Waals surface area (Å²) >= 11 is 0. The number of carboxylic acid groups (broad SMARTS) is 1. The van der Waals surface area contributed by atoms with Gasteiger partial charge in [-0.05, 0) is 12.5 Å². The van der Waals surface area contributed by atoms with Crippen molar-refractivity contribution in [1.82, 2.24) is 4.90 Å². The molecule has 0 bridgehead atoms. The number of rotatable bonds is 7. The van der Waals surface area contributed by atoms with E-state index < -0.39 is 29.9 Å². The zero-order chi connectivity index (χ0) is 16.7. The van der Waals surface area contributed by atoms with Gasteiger partial charge in [0.15, 0.2) is 0 Å². The van der Waals surface area contributed by atoms with Gasteiger partial charge < -0.3 is 20.5 Å². The molecule has 120 valence electrons. The molecule has 0 spiro atoms. The van der Waals surface area contributed by atoms with Crippen molar-refractivity contribution < 1.29 is 24.2 Å². The van der Waals surface area contributed by atoms with Crippen LogP contribution in [0.4, 0.5) is 0 Å². The predicted octanol–water partition coefficient (Wildman–Crippen LogP) is 0.379. The number of carboxylic acids is 1. The Labute approximate surface area is 128 Å². The molecule has 1 aromatic rings. The smallest absolute Gasteiger partial charge is 0.326 e. The van der Waals surface area contributed by atoms with Crippen LogP contribution in [0.3, 0.4) is 0 Å². The number of benzene rings is 1. The molecular formula is C15H20N2O5. The average molecular weight is 308 g/mol. The molecule has 1 aromatic carbocycles. The molecule has 1 amide bonds. The maximum Gasteiger partial charge on any atom is 0.326 e. The summed E-state index contributed by atoms with van der Waals surface area (Å²) in [6.45, 7) is 1.50. The lowest BCUT2D eigenvalue weighted by atomic mass is 10.1. The van der Waals surface area contributed by atoms with Crippen LogP contribution in [-0.4, -0.2) is 47.0 Å². The van der Waals surface area contributed by atoms with Crippen LogP contribution in [0.25, 0.3) is 0 Å². The van der Waals surface area contributed by atoms with Crippen molar-refractivity contribution in [2.75, 3.05) is 7.11 Å². The number of ether oxygens (including phenoxy) is 1. The molecule has 0 saturated carbocycles. The van der Waals surface area contributed by atoms with Gasteiger partial charge in [-0.2, -0.15) is 0 Å². The molecule has 0 aliphatic rings. The molecular weight excluding hydrogens is 288 g/mol. The van der Waals surface area contributed by atoms with Crippen LogP contribution in [0.15, 0.2) is 30.3 Å². The fourth-order valence-corrected chi connectivity index (χ4v) is 1.88. The van der Waals surface area contributed by atoms with E-state index in [2.05, 4.69) is 4.74 Å². The van der Waals surface area contributed by atoms with Crippen molar-refractivity contribution in [2.45, 2.75) is 32.0 Å². The van der Waals surface area contributed by atoms with Crippen molar-refractivity contribution in [3.8, 4) is 0 Å². The Kier molecular flexibility index (Phi) is 6.52. The number of aliphatic carboxylic acids is 1. The van der Waals surface area contributed by atoms with Crippen molar-refractivity contribution >= 4 is 17.8 Å². The summed E-state index contributed by atoms with van der Waals surface area (Å²) in [5.74, 6) is -2.37. The minimum absolute atomic E-state index is 0.0992. The van der Waals surface area contributed by atoms with Crippen molar-refractivity contribution in [2.24, 2.45) is 5.73 Å². The second-order valence-electron chi connectivity index (χ2n) is 4.85. The topological polar surface area (TPSA) is 110 Å². The molecule has 2 atom stereocenters. The first-order valence-electron chi connectivity index (χ1n) is 6.76. The van der Waals surface area contributed by atoms with E-state index in [0.717, 1.165) is 10.5 Å². The zero-order valence-electron chi connectivity index (χ0n) is 12.6. The lowest BCUT2D eigenvalue weighted by Crippen LogP contribution is -2.50. The summed E-state index contributed by atoms with van der Waals surface area (Å²) in [6, 6.07) is 6.75. The summed E-state index contributed by atoms with van der Waals surface area (Å²) < 4.78 is 4.47. The molecule has 3 N–H and O–H groups in total. The number of methoxy groups -OCH3 is 1. The van der Waals surface area contributed by atoms with Crippen LogP contribution in [0.5, 0.6) is 0 Å². The molecule has 0 radical (unpaired) electrons. The molecule has 0 aliphatic heterocycles. The standard InChI is InChI=1S/C15H20N2O5/c1-10(15(20)21)17(9-11-6-4-3-5-7-11)14(19)12(16)8-13(18)22-2/h3-7,10,12H,8-9,16H2,1-2H3,(H,20,21). The number of hydrogen-bond donors (Lipinski definition) is 2. The van der Waals surface area contributed by atoms with Gasteiger partial charge in [0, 0.05) is 6.54 Å². The summed E-state index contributed by atoms with van der Waals surface area (Å²) in [7, 11) is 1.20. The highest BCUT2D eigenvalue weighted by atomic mass is 16.5. The number of esters is 1. The predicted molar refractivity (Wildman–Crippen MR) is 78.7 cm³/mol. The maximum atomic E-state index is 12.4. The highest BCUT2D eigenvalue weighted by Gasteiger charge is 2.30. The largest absolute Gasteiger partial charge is 0.480 e. The van der Waals surface area contributed by atoms with Crippen LogP contribution in [0.1, 0.15) is 18.9 Å². The number of carbonyl (C=O) groups is 3. The summed E-state index contributed by atoms with van der Waals surface area (Å²) in [6.07, 6.45) is -0.299. The zero-order valence-corrected chi connectivity index (χ0v) is 12.6. The normalized spacial score (nSPS) is 13.0. The Morgan fingerprint density at radius 2 is 1.86 bits per heavy atom. The monoisotopic (exact) mass is 308 g/mol. The average Bonchev–Trinajstić information content (AvgIpc) is 2.51. The van der Waals surface area contributed by atoms with Crippen molar-refractivity contribution in [3.05, 3.63) is 35.9 Å². The first-order valence-corrected chi connectivity index (χ1v) is 6.76. The van der Waals surface area contributed by atoms with Crippen LogP contribution < -0.4 is 5.73 Å². The summed E-state index contributed by atoms with van der Waals surface area (Å²) in [5, 5.41) is 9.16. The SMILES string of the molecule is COC(=O)CC(N)C(=O)N(Cc1ccccc1)C(C)C(=O)O. The molecule has 0 fully saturated rings. The highest BCUT2D eigenvalue weighted by molar-refractivity contribution is 5.89. The fourth-order valence-electron chi connectivity index (χ4n) is 1.88. The lowest BCUT2D eigenvalue weighted by Gasteiger charge is -2.29. The second-order valence-corrected chi connectivity index (χ2v) is 4.85. The number of hydrogen-bond acceptors (Lipinski definition) is 5. The molecule has 7 heteroatoms. The number of amides is 1. The van der Waals surface area contributed by atoms with E-state index in [-0.39, 0.29) is 13.0 Å². The van der Waals surface area contributed by atoms with Gasteiger partial charge in [0.05, 0.1) is 19.6 Å². The molecule has 0 saturated heterocycles. The van der Waals surface area contributed by atoms with Gasteiger partial charge in [0.2, 0.25) is 5.91 Å². The van der Waals surface area contributed by atoms with E-state index in [1.54, 1.807) is 24.3 Å². The van der Waals surface area contributed by atoms with E-state index in [4.69, 9.17) is 10.8 Å². The van der Waals surface area contributed by atoms with E-state index in [1.807, 2.05) is 6.07 Å². The molecule has 1 rings (SSSR count). The van der Waals surface area contributed by atoms with Gasteiger partial charge >= 0.3 is 11.9 Å². The van der Waals surface area contributed by atoms with E-state index in [9.17, 15) is 14.4 Å². The van der Waals surface area contributed by atoms with Crippen LogP contribution in [-0.2, 0) is 25.7 Å². The van der Waals surface area contributed by atoms with Gasteiger partial charge in [-0.1, -0.05) is 30.3 Å². The molecule has 22 heavy (non-hydrogen) atoms. The van der Waals surface area contributed by atoms with E-state index in [0.29, 0.717) is 0 Å². The fraction of sp³-hybridized carbons (Fsp3) is 0.400. The first-order chi connectivity index (χ1) is 10.4. The van der Waals surface area contributed by atoms with Crippen LogP contribution >= 0.6 is 0 Å². The Morgan fingerprint density at radius 1 is 1.27 bits per heavy atom. The molecule has 0 aromatic heterocycles. The van der Waals surface area contributed by atoms with Gasteiger partial charge in [-0.25, -0.2) is 4.79 Å². The van der Waals surface area contributed by atoms with Gasteiger partial charge in [0.1, 0.15) is 6.04 Å². The Hall–Kier alpha value is -2.41. The Balaban J connectivity index is 2.92. The molecule has 0 heterocycles. The second kappa shape index (κ2) is 8.14. The summed E-state index contributed by atoms with van der Waals surface area (Å²) in [5.41, 5.74) is 6.47. The molecule has 2 unspecified atom stereocenters. The number of nitrogens with zero attached hydrogens (tertiary/aromatic N) is 1. The van der Waals surface area contributed by atoms with Crippen LogP contribution in [0, 0.1) is 0 Å². The van der Waals surface area contributed by atoms with Crippen molar-refractivity contribution in [3.63, 3.8) is 0 Å². The number of nitrogens with two attached hydrogens (primary N) is 1. The number of carbonyl (C=O) groups excluding carboxylic acids is 2. The lowest BCUT2D eigenvalue weighted by molar-refractivity contribution is -0.151. The van der Waals surface area contributed by atoms with Crippen molar-refractivity contribution in [1.29, 1.82) is 0 Å². The first kappa shape index (κ1) is 17.6. The van der Waals surface area contributed by atoms with E-state index >= 15 is 0 Å². The van der Waals surface area contributed by atoms with Gasteiger partial charge in [-0.3, -0.25) is 9.59 Å². The quantitative estimate of drug-likeness (QED) is 0.705. The van der Waals surface area contributed by atoms with Gasteiger partial charge in [0.25, 0.3) is 0 Å². The minimum atomic E-state index is -1.14. The minimum Gasteiger partial charge on any atom is -0.480 e. The molecule has 7 nitrogen and oxygen atoms in total. The van der Waals surface area contributed by atoms with Gasteiger partial charge in [-0.15, -0.1) is 0 Å². The third kappa shape index (κ3) is 4.85. The third-order valence-corrected chi connectivity index (χ3v) is 3.24. The highest BCUT2D eigenvalue weighted by Crippen LogP contribution is 2.11. The van der Waals surface area contributed by atoms with E-state index in [1.165, 1.54) is 14.0 Å². The Bertz CT molecular complexity index is 532. The Morgan fingerprint density at radius 3 is 2.36 bits per heavy atom. The van der Waals surface area contributed by atoms with Crippen LogP contribution in [0.2, 0.25) is 0 Å².